The average molecular weight is 486 g/mol. The summed E-state index contributed by atoms with van der Waals surface area (Å²) in [6.45, 7) is 1.91. The monoisotopic (exact) mass is 486 g/mol. The number of carbonyl (C=O) groups excluding carboxylic acids is 1. The first-order chi connectivity index (χ1) is 16.7. The number of hydrogen-bond acceptors (Lipinski definition) is 6. The van der Waals surface area contributed by atoms with Crippen LogP contribution in [0.15, 0.2) is 42.7 Å². The van der Waals surface area contributed by atoms with Crippen molar-refractivity contribution in [3.8, 4) is 17.0 Å². The van der Waals surface area contributed by atoms with Crippen LogP contribution in [0, 0.1) is 23.4 Å². The number of amides is 1. The fourth-order valence-corrected chi connectivity index (χ4v) is 4.52. The van der Waals surface area contributed by atoms with Gasteiger partial charge in [0.15, 0.2) is 0 Å². The van der Waals surface area contributed by atoms with Gasteiger partial charge in [-0.3, -0.25) is 9.78 Å². The number of nitrogens with two attached hydrogens (primary N) is 1. The SMILES string of the molecule is COc1cc(F)c(-c2nc(C(=O)Nc3cnccc3[C@H]3C[C@@H](N)[C@@H](O)[C@@H](C)C3)ccc2F)c(F)c1. The van der Waals surface area contributed by atoms with Gasteiger partial charge in [-0.25, -0.2) is 18.2 Å². The number of hydrogen-bond donors (Lipinski definition) is 3. The molecule has 1 aliphatic carbocycles. The van der Waals surface area contributed by atoms with Gasteiger partial charge in [0.2, 0.25) is 0 Å². The molecule has 1 aliphatic rings. The summed E-state index contributed by atoms with van der Waals surface area (Å²) in [5.41, 5.74) is 5.72. The van der Waals surface area contributed by atoms with E-state index in [0.717, 1.165) is 29.8 Å². The van der Waals surface area contributed by atoms with Crippen LogP contribution in [0.2, 0.25) is 0 Å². The highest BCUT2D eigenvalue weighted by Crippen LogP contribution is 2.38. The molecule has 0 bridgehead atoms. The number of aliphatic hydroxyl groups excluding tert-OH is 1. The Balaban J connectivity index is 1.64. The minimum absolute atomic E-state index is 0.0269. The van der Waals surface area contributed by atoms with Crippen molar-refractivity contribution in [2.24, 2.45) is 11.7 Å². The zero-order valence-corrected chi connectivity index (χ0v) is 19.1. The second kappa shape index (κ2) is 10.0. The molecule has 4 rings (SSSR count). The maximum atomic E-state index is 14.5. The predicted molar refractivity (Wildman–Crippen MR) is 123 cm³/mol. The number of carbonyl (C=O) groups is 1. The van der Waals surface area contributed by atoms with Gasteiger partial charge in [0.05, 0.1) is 30.7 Å². The standard InChI is InChI=1S/C25H25F3N4O3/c1-12-7-13(8-19(29)24(12)33)15-5-6-30-11-21(15)32-25(34)20-4-3-16(26)23(31-20)22-17(27)9-14(35-2)10-18(22)28/h3-6,9-13,19,24,33H,7-8,29H2,1-2H3,(H,32,34)/t12-,13+,19+,24-/m0/s1. The number of nitrogens with zero attached hydrogens (tertiary/aromatic N) is 2. The Morgan fingerprint density at radius 3 is 2.51 bits per heavy atom. The molecule has 7 nitrogen and oxygen atoms in total. The molecule has 2 aromatic heterocycles. The number of ether oxygens (including phenoxy) is 1. The van der Waals surface area contributed by atoms with E-state index < -0.39 is 46.8 Å². The van der Waals surface area contributed by atoms with Crippen molar-refractivity contribution in [1.82, 2.24) is 9.97 Å². The second-order valence-corrected chi connectivity index (χ2v) is 8.71. The molecule has 3 aromatic rings. The maximum absolute atomic E-state index is 14.5. The van der Waals surface area contributed by atoms with Gasteiger partial charge in [-0.1, -0.05) is 6.92 Å². The molecular weight excluding hydrogens is 461 g/mol. The molecule has 1 aromatic carbocycles. The quantitative estimate of drug-likeness (QED) is 0.503. The number of nitrogens with one attached hydrogen (secondary N) is 1. The van der Waals surface area contributed by atoms with Crippen LogP contribution in [0.1, 0.15) is 41.7 Å². The molecule has 0 unspecified atom stereocenters. The van der Waals surface area contributed by atoms with Gasteiger partial charge in [-0.15, -0.1) is 0 Å². The minimum atomic E-state index is -1.08. The number of rotatable bonds is 5. The lowest BCUT2D eigenvalue weighted by Crippen LogP contribution is -2.44. The van der Waals surface area contributed by atoms with Gasteiger partial charge in [-0.05, 0) is 48.4 Å². The number of benzene rings is 1. The maximum Gasteiger partial charge on any atom is 0.274 e. The molecule has 2 heterocycles. The first-order valence-electron chi connectivity index (χ1n) is 11.1. The molecule has 0 saturated heterocycles. The minimum Gasteiger partial charge on any atom is -0.497 e. The molecule has 184 valence electrons. The number of aliphatic hydroxyl groups is 1. The van der Waals surface area contributed by atoms with Crippen molar-refractivity contribution in [2.45, 2.75) is 37.8 Å². The topological polar surface area (TPSA) is 110 Å². The molecule has 1 amide bonds. The molecule has 35 heavy (non-hydrogen) atoms. The largest absolute Gasteiger partial charge is 0.497 e. The zero-order valence-electron chi connectivity index (χ0n) is 19.1. The lowest BCUT2D eigenvalue weighted by atomic mass is 9.74. The van der Waals surface area contributed by atoms with E-state index in [-0.39, 0.29) is 23.3 Å². The summed E-state index contributed by atoms with van der Waals surface area (Å²) in [4.78, 5) is 21.0. The number of pyridine rings is 2. The van der Waals surface area contributed by atoms with Gasteiger partial charge in [0, 0.05) is 24.4 Å². The van der Waals surface area contributed by atoms with Gasteiger partial charge in [0.1, 0.15) is 34.6 Å². The van der Waals surface area contributed by atoms with Crippen molar-refractivity contribution in [1.29, 1.82) is 0 Å². The fourth-order valence-electron chi connectivity index (χ4n) is 4.52. The van der Waals surface area contributed by atoms with E-state index in [1.165, 1.54) is 13.3 Å². The third kappa shape index (κ3) is 4.98. The summed E-state index contributed by atoms with van der Waals surface area (Å²) < 4.78 is 48.4. The van der Waals surface area contributed by atoms with Crippen LogP contribution >= 0.6 is 0 Å². The van der Waals surface area contributed by atoms with E-state index in [2.05, 4.69) is 15.3 Å². The Morgan fingerprint density at radius 2 is 1.86 bits per heavy atom. The lowest BCUT2D eigenvalue weighted by molar-refractivity contribution is 0.0521. The number of anilines is 1. The van der Waals surface area contributed by atoms with Crippen LogP contribution in [0.3, 0.4) is 0 Å². The summed E-state index contributed by atoms with van der Waals surface area (Å²) in [5.74, 6) is -3.99. The van der Waals surface area contributed by atoms with Crippen LogP contribution in [0.5, 0.6) is 5.75 Å². The third-order valence-corrected chi connectivity index (χ3v) is 6.34. The molecule has 4 N–H and O–H groups in total. The summed E-state index contributed by atoms with van der Waals surface area (Å²) >= 11 is 0. The normalized spacial score (nSPS) is 22.0. The molecule has 1 saturated carbocycles. The smallest absolute Gasteiger partial charge is 0.274 e. The van der Waals surface area contributed by atoms with Gasteiger partial charge >= 0.3 is 0 Å². The van der Waals surface area contributed by atoms with Gasteiger partial charge < -0.3 is 20.9 Å². The molecule has 0 aliphatic heterocycles. The Morgan fingerprint density at radius 1 is 1.14 bits per heavy atom. The van der Waals surface area contributed by atoms with Crippen LogP contribution in [0.25, 0.3) is 11.3 Å². The highest BCUT2D eigenvalue weighted by Gasteiger charge is 2.34. The van der Waals surface area contributed by atoms with Gasteiger partial charge in [-0.2, -0.15) is 0 Å². The van der Waals surface area contributed by atoms with Crippen LogP contribution in [-0.4, -0.2) is 40.2 Å². The first-order valence-corrected chi connectivity index (χ1v) is 11.1. The highest BCUT2D eigenvalue weighted by molar-refractivity contribution is 6.03. The van der Waals surface area contributed by atoms with E-state index in [1.54, 1.807) is 12.3 Å². The van der Waals surface area contributed by atoms with Crippen LogP contribution in [-0.2, 0) is 0 Å². The Bertz CT molecular complexity index is 1220. The van der Waals surface area contributed by atoms with E-state index >= 15 is 0 Å². The highest BCUT2D eigenvalue weighted by atomic mass is 19.1. The summed E-state index contributed by atoms with van der Waals surface area (Å²) in [6.07, 6.45) is 3.65. The Labute approximate surface area is 200 Å². The van der Waals surface area contributed by atoms with Crippen LogP contribution in [0.4, 0.5) is 18.9 Å². The summed E-state index contributed by atoms with van der Waals surface area (Å²) in [5, 5.41) is 12.9. The number of halogens is 3. The molecule has 1 fully saturated rings. The van der Waals surface area contributed by atoms with Crippen molar-refractivity contribution in [3.05, 3.63) is 71.4 Å². The molecule has 10 heteroatoms. The van der Waals surface area contributed by atoms with Crippen molar-refractivity contribution in [2.75, 3.05) is 12.4 Å². The van der Waals surface area contributed by atoms with E-state index in [4.69, 9.17) is 10.5 Å². The Kier molecular flexibility index (Phi) is 7.04. The lowest BCUT2D eigenvalue weighted by Gasteiger charge is -2.36. The van der Waals surface area contributed by atoms with Gasteiger partial charge in [0.25, 0.3) is 5.91 Å². The molecule has 0 radical (unpaired) electrons. The molecule has 0 spiro atoms. The summed E-state index contributed by atoms with van der Waals surface area (Å²) in [6, 6.07) is 5.22. The van der Waals surface area contributed by atoms with E-state index in [1.807, 2.05) is 6.92 Å². The molecule has 4 atom stereocenters. The predicted octanol–water partition coefficient (Wildman–Crippen LogP) is 4.02. The van der Waals surface area contributed by atoms with Crippen molar-refractivity contribution >= 4 is 11.6 Å². The van der Waals surface area contributed by atoms with Crippen LogP contribution < -0.4 is 15.8 Å². The first kappa shape index (κ1) is 24.6. The summed E-state index contributed by atoms with van der Waals surface area (Å²) in [7, 11) is 1.24. The van der Waals surface area contributed by atoms with Crippen molar-refractivity contribution < 1.29 is 27.8 Å². The van der Waals surface area contributed by atoms with E-state index in [9.17, 15) is 23.1 Å². The Hall–Kier alpha value is -3.50. The van der Waals surface area contributed by atoms with Crippen molar-refractivity contribution in [3.63, 3.8) is 0 Å². The average Bonchev–Trinajstić information content (AvgIpc) is 2.83. The zero-order chi connectivity index (χ0) is 25.3. The second-order valence-electron chi connectivity index (χ2n) is 8.71. The fraction of sp³-hybridized carbons (Fsp3) is 0.320. The number of methoxy groups -OCH3 is 1. The van der Waals surface area contributed by atoms with E-state index in [0.29, 0.717) is 18.5 Å². The third-order valence-electron chi connectivity index (χ3n) is 6.34. The molecular formula is C25H25F3N4O3. The number of aromatic nitrogens is 2.